The van der Waals surface area contributed by atoms with Crippen molar-refractivity contribution in [3.8, 4) is 0 Å². The molecule has 3 aliphatic rings. The van der Waals surface area contributed by atoms with Gasteiger partial charge in [-0.25, -0.2) is 4.79 Å². The van der Waals surface area contributed by atoms with Gasteiger partial charge in [0.05, 0.1) is 0 Å². The first-order valence-electron chi connectivity index (χ1n) is 9.08. The molecule has 0 saturated carbocycles. The Balaban J connectivity index is 1.31. The molecule has 3 aliphatic heterocycles. The Labute approximate surface area is 149 Å². The molecule has 0 bridgehead atoms. The Morgan fingerprint density at radius 1 is 0.958 bits per heavy atom. The molecule has 0 N–H and O–H groups in total. The fourth-order valence-corrected chi connectivity index (χ4v) is 4.85. The summed E-state index contributed by atoms with van der Waals surface area (Å²) >= 11 is 5.98. The van der Waals surface area contributed by atoms with Crippen LogP contribution in [-0.4, -0.2) is 67.0 Å². The Kier molecular flexibility index (Phi) is 4.44. The van der Waals surface area contributed by atoms with E-state index in [0.29, 0.717) is 17.8 Å². The molecule has 3 fully saturated rings. The average molecular weight is 348 g/mol. The number of halogens is 1. The number of carbonyl (C=O) groups excluding carboxylic acids is 1. The van der Waals surface area contributed by atoms with Gasteiger partial charge in [0.1, 0.15) is 0 Å². The van der Waals surface area contributed by atoms with E-state index >= 15 is 0 Å². The van der Waals surface area contributed by atoms with Gasteiger partial charge < -0.3 is 14.7 Å². The molecule has 2 amide bonds. The first kappa shape index (κ1) is 16.2. The average Bonchev–Trinajstić information content (AvgIpc) is 3.12. The van der Waals surface area contributed by atoms with Crippen LogP contribution in [0.4, 0.5) is 4.79 Å². The lowest BCUT2D eigenvalue weighted by molar-refractivity contribution is 0.144. The largest absolute Gasteiger partial charge is 0.325 e. The summed E-state index contributed by atoms with van der Waals surface area (Å²) in [6.07, 6.45) is 2.10. The highest BCUT2D eigenvalue weighted by Gasteiger charge is 2.41. The number of urea groups is 1. The quantitative estimate of drug-likeness (QED) is 0.780. The van der Waals surface area contributed by atoms with Gasteiger partial charge in [-0.3, -0.25) is 0 Å². The van der Waals surface area contributed by atoms with Gasteiger partial charge in [0, 0.05) is 44.3 Å². The minimum Gasteiger partial charge on any atom is -0.325 e. The van der Waals surface area contributed by atoms with Crippen molar-refractivity contribution in [2.75, 3.05) is 46.3 Å². The van der Waals surface area contributed by atoms with Crippen LogP contribution >= 0.6 is 11.6 Å². The van der Waals surface area contributed by atoms with Crippen LogP contribution in [0, 0.1) is 11.8 Å². The highest BCUT2D eigenvalue weighted by Crippen LogP contribution is 2.33. The summed E-state index contributed by atoms with van der Waals surface area (Å²) in [6.45, 7) is 5.94. The van der Waals surface area contributed by atoms with Crippen molar-refractivity contribution >= 4 is 17.6 Å². The van der Waals surface area contributed by atoms with Crippen molar-refractivity contribution in [2.24, 2.45) is 11.8 Å². The smallest absolute Gasteiger partial charge is 0.320 e. The maximum absolute atomic E-state index is 12.8. The molecule has 3 heterocycles. The Morgan fingerprint density at radius 3 is 2.12 bits per heavy atom. The molecule has 0 spiro atoms. The van der Waals surface area contributed by atoms with Crippen molar-refractivity contribution in [3.63, 3.8) is 0 Å². The van der Waals surface area contributed by atoms with E-state index in [4.69, 9.17) is 11.6 Å². The predicted octanol–water partition coefficient (Wildman–Crippen LogP) is 3.13. The highest BCUT2D eigenvalue weighted by atomic mass is 35.5. The minimum absolute atomic E-state index is 0.265. The first-order valence-corrected chi connectivity index (χ1v) is 9.46. The van der Waals surface area contributed by atoms with Gasteiger partial charge in [0.25, 0.3) is 0 Å². The maximum Gasteiger partial charge on any atom is 0.320 e. The van der Waals surface area contributed by atoms with Crippen LogP contribution in [0.3, 0.4) is 0 Å². The van der Waals surface area contributed by atoms with Crippen LogP contribution in [0.15, 0.2) is 24.3 Å². The number of piperidine rings is 1. The van der Waals surface area contributed by atoms with Crippen molar-refractivity contribution < 1.29 is 4.79 Å². The number of fused-ring (bicyclic) bond motifs is 1. The molecule has 0 aliphatic carbocycles. The molecule has 24 heavy (non-hydrogen) atoms. The lowest BCUT2D eigenvalue weighted by Gasteiger charge is -2.35. The van der Waals surface area contributed by atoms with E-state index in [1.807, 2.05) is 12.1 Å². The molecular formula is C19H26ClN3O. The van der Waals surface area contributed by atoms with Gasteiger partial charge in [0.15, 0.2) is 0 Å². The van der Waals surface area contributed by atoms with Gasteiger partial charge in [-0.2, -0.15) is 0 Å². The third kappa shape index (κ3) is 3.14. The van der Waals surface area contributed by atoms with E-state index in [1.165, 1.54) is 5.56 Å². The zero-order valence-electron chi connectivity index (χ0n) is 14.3. The van der Waals surface area contributed by atoms with Crippen molar-refractivity contribution in [2.45, 2.75) is 18.8 Å². The summed E-state index contributed by atoms with van der Waals surface area (Å²) in [6, 6.07) is 8.45. The van der Waals surface area contributed by atoms with Crippen LogP contribution in [0.1, 0.15) is 24.3 Å². The molecule has 1 aromatic carbocycles. The van der Waals surface area contributed by atoms with Crippen LogP contribution < -0.4 is 0 Å². The summed E-state index contributed by atoms with van der Waals surface area (Å²) in [5, 5.41) is 0.789. The molecular weight excluding hydrogens is 322 g/mol. The molecule has 130 valence electrons. The van der Waals surface area contributed by atoms with Crippen molar-refractivity contribution in [1.82, 2.24) is 14.7 Å². The van der Waals surface area contributed by atoms with Gasteiger partial charge in [-0.15, -0.1) is 0 Å². The standard InChI is InChI=1S/C19H26ClN3O/c1-21-10-16-12-23(13-17(16)11-21)19(24)22-8-6-15(7-9-22)14-2-4-18(20)5-3-14/h2-5,15-17H,6-13H2,1H3. The third-order valence-electron chi connectivity index (χ3n) is 6.05. The van der Waals surface area contributed by atoms with Gasteiger partial charge in [-0.1, -0.05) is 23.7 Å². The molecule has 2 unspecified atom stereocenters. The second kappa shape index (κ2) is 6.57. The van der Waals surface area contributed by atoms with Crippen molar-refractivity contribution in [1.29, 1.82) is 0 Å². The number of carbonyl (C=O) groups is 1. The topological polar surface area (TPSA) is 26.8 Å². The van der Waals surface area contributed by atoms with E-state index in [1.54, 1.807) is 0 Å². The first-order chi connectivity index (χ1) is 11.6. The molecule has 2 atom stereocenters. The maximum atomic E-state index is 12.8. The van der Waals surface area contributed by atoms with Crippen LogP contribution in [0.2, 0.25) is 5.02 Å². The van der Waals surface area contributed by atoms with Gasteiger partial charge >= 0.3 is 6.03 Å². The number of rotatable bonds is 1. The van der Waals surface area contributed by atoms with E-state index in [0.717, 1.165) is 57.1 Å². The number of likely N-dealkylation sites (tertiary alicyclic amines) is 3. The summed E-state index contributed by atoms with van der Waals surface area (Å²) < 4.78 is 0. The number of amides is 2. The molecule has 0 aromatic heterocycles. The minimum atomic E-state index is 0.265. The van der Waals surface area contributed by atoms with Crippen LogP contribution in [-0.2, 0) is 0 Å². The Bertz CT molecular complexity index is 583. The zero-order valence-corrected chi connectivity index (χ0v) is 15.1. The molecule has 5 heteroatoms. The number of hydrogen-bond donors (Lipinski definition) is 0. The molecule has 4 rings (SSSR count). The lowest BCUT2D eigenvalue weighted by Crippen LogP contribution is -2.46. The molecule has 1 aromatic rings. The predicted molar refractivity (Wildman–Crippen MR) is 96.4 cm³/mol. The van der Waals surface area contributed by atoms with E-state index in [2.05, 4.69) is 33.9 Å². The van der Waals surface area contributed by atoms with E-state index in [-0.39, 0.29) is 6.03 Å². The van der Waals surface area contributed by atoms with Crippen LogP contribution in [0.5, 0.6) is 0 Å². The Hall–Kier alpha value is -1.26. The summed E-state index contributed by atoms with van der Waals surface area (Å²) in [5.74, 6) is 1.93. The van der Waals surface area contributed by atoms with Crippen molar-refractivity contribution in [3.05, 3.63) is 34.9 Å². The third-order valence-corrected chi connectivity index (χ3v) is 6.30. The fourth-order valence-electron chi connectivity index (χ4n) is 4.72. The normalized spacial score (nSPS) is 28.4. The SMILES string of the molecule is CN1CC2CN(C(=O)N3CCC(c4ccc(Cl)cc4)CC3)CC2C1. The molecule has 4 nitrogen and oxygen atoms in total. The molecule has 3 saturated heterocycles. The number of hydrogen-bond acceptors (Lipinski definition) is 2. The summed E-state index contributed by atoms with van der Waals surface area (Å²) in [4.78, 5) is 19.4. The zero-order chi connectivity index (χ0) is 16.7. The lowest BCUT2D eigenvalue weighted by atomic mass is 9.89. The second-order valence-electron chi connectivity index (χ2n) is 7.74. The monoisotopic (exact) mass is 347 g/mol. The summed E-state index contributed by atoms with van der Waals surface area (Å²) in [7, 11) is 2.19. The highest BCUT2D eigenvalue weighted by molar-refractivity contribution is 6.30. The van der Waals surface area contributed by atoms with Crippen LogP contribution in [0.25, 0.3) is 0 Å². The number of nitrogens with zero attached hydrogens (tertiary/aromatic N) is 3. The van der Waals surface area contributed by atoms with Gasteiger partial charge in [-0.05, 0) is 55.3 Å². The van der Waals surface area contributed by atoms with E-state index < -0.39 is 0 Å². The summed E-state index contributed by atoms with van der Waals surface area (Å²) in [5.41, 5.74) is 1.35. The fraction of sp³-hybridized carbons (Fsp3) is 0.632. The number of benzene rings is 1. The molecule has 0 radical (unpaired) electrons. The second-order valence-corrected chi connectivity index (χ2v) is 8.18. The van der Waals surface area contributed by atoms with Gasteiger partial charge in [0.2, 0.25) is 0 Å². The Morgan fingerprint density at radius 2 is 1.54 bits per heavy atom. The van der Waals surface area contributed by atoms with E-state index in [9.17, 15) is 4.79 Å².